The Kier molecular flexibility index (Phi) is 26.9. The number of aliphatic hydroxyl groups is 1. The van der Waals surface area contributed by atoms with Crippen molar-refractivity contribution in [3.05, 3.63) is 18.2 Å². The van der Waals surface area contributed by atoms with E-state index in [1.165, 1.54) is 24.3 Å². The minimum atomic E-state index is -1.61. The van der Waals surface area contributed by atoms with Crippen LogP contribution in [0.4, 0.5) is 0 Å². The van der Waals surface area contributed by atoms with Crippen LogP contribution in [-0.2, 0) is 44.8 Å². The number of carbonyl (C=O) groups excluding carboxylic acids is 7. The third-order valence-electron chi connectivity index (χ3n) is 8.60. The number of amides is 7. The van der Waals surface area contributed by atoms with Gasteiger partial charge in [-0.2, -0.15) is 37.0 Å². The van der Waals surface area contributed by atoms with Crippen molar-refractivity contribution in [1.29, 1.82) is 0 Å². The Morgan fingerprint density at radius 2 is 1.31 bits per heavy atom. The van der Waals surface area contributed by atoms with Gasteiger partial charge in [0.25, 0.3) is 0 Å². The number of nitrogens with one attached hydrogen (secondary N) is 8. The minimum absolute atomic E-state index is 0.00140. The lowest BCUT2D eigenvalue weighted by Gasteiger charge is -2.26. The van der Waals surface area contributed by atoms with Gasteiger partial charge in [0.15, 0.2) is 5.96 Å². The molecule has 0 aliphatic rings. The van der Waals surface area contributed by atoms with Crippen LogP contribution in [0, 0.1) is 0 Å². The van der Waals surface area contributed by atoms with Gasteiger partial charge in [-0.15, -0.1) is 0 Å². The van der Waals surface area contributed by atoms with E-state index in [-0.39, 0.29) is 62.7 Å². The van der Waals surface area contributed by atoms with E-state index in [4.69, 9.17) is 22.9 Å². The standard InChI is InChI=1S/C34H60N14O10S3/c1-61-10-7-22(31(55)48-25(16-60)33(57)58)43-26(50)13-41-28(52)24(15-59)47-30(54)20(5-2-3-8-35)45-32(56)23(14-49)46-29(53)21(6-4-9-40-34(37)38)44-27(51)19(36)11-18-12-39-17-42-18/h12,17,19-25,49,59-60H,2-11,13-16,35-36H2,1H3,(H,39,42)(H,41,52)(H,43,50)(H,44,51)(H,45,56)(H,46,53)(H,47,54)(H,48,55)(H,57,58)(H4,37,38,40)/t19-,20-,21-,22-,23-,24-,25-/m0/s1. The third kappa shape index (κ3) is 21.5. The normalized spacial score (nSPS) is 14.3. The third-order valence-corrected chi connectivity index (χ3v) is 9.98. The number of nitrogens with zero attached hydrogens (tertiary/aromatic N) is 2. The summed E-state index contributed by atoms with van der Waals surface area (Å²) < 4.78 is 0. The number of hydrogen-bond donors (Lipinski definition) is 16. The van der Waals surface area contributed by atoms with Crippen molar-refractivity contribution in [2.45, 2.75) is 87.2 Å². The van der Waals surface area contributed by atoms with Crippen molar-refractivity contribution in [3.8, 4) is 0 Å². The van der Waals surface area contributed by atoms with Gasteiger partial charge in [-0.1, -0.05) is 0 Å². The van der Waals surface area contributed by atoms with Crippen molar-refractivity contribution in [1.82, 2.24) is 47.2 Å². The molecule has 1 heterocycles. The van der Waals surface area contributed by atoms with E-state index in [2.05, 4.69) is 77.4 Å². The Morgan fingerprint density at radius 3 is 1.84 bits per heavy atom. The second kappa shape index (κ2) is 30.2. The maximum atomic E-state index is 13.5. The summed E-state index contributed by atoms with van der Waals surface area (Å²) in [5.41, 5.74) is 23.0. The van der Waals surface area contributed by atoms with Crippen LogP contribution in [0.2, 0.25) is 0 Å². The number of aliphatic carboxylic acids is 1. The van der Waals surface area contributed by atoms with Crippen molar-refractivity contribution < 1.29 is 48.6 Å². The van der Waals surface area contributed by atoms with Crippen LogP contribution in [0.1, 0.15) is 44.2 Å². The molecule has 7 amide bonds. The van der Waals surface area contributed by atoms with Gasteiger partial charge < -0.3 is 75.3 Å². The molecule has 61 heavy (non-hydrogen) atoms. The van der Waals surface area contributed by atoms with Crippen LogP contribution >= 0.6 is 37.0 Å². The highest BCUT2D eigenvalue weighted by atomic mass is 32.2. The molecule has 24 nitrogen and oxygen atoms in total. The number of aromatic amines is 1. The maximum Gasteiger partial charge on any atom is 0.327 e. The van der Waals surface area contributed by atoms with Crippen LogP contribution in [0.15, 0.2) is 17.5 Å². The number of unbranched alkanes of at least 4 members (excludes halogenated alkanes) is 1. The summed E-state index contributed by atoms with van der Waals surface area (Å²) in [4.78, 5) is 114. The van der Waals surface area contributed by atoms with Gasteiger partial charge in [-0.25, -0.2) is 9.78 Å². The number of H-pyrrole nitrogens is 1. The molecule has 0 fully saturated rings. The first-order valence-corrected chi connectivity index (χ1v) is 21.8. The molecule has 0 unspecified atom stereocenters. The molecule has 18 N–H and O–H groups in total. The number of carbonyl (C=O) groups is 8. The first-order chi connectivity index (χ1) is 29.0. The van der Waals surface area contributed by atoms with Crippen LogP contribution < -0.4 is 60.2 Å². The molecule has 27 heteroatoms. The Morgan fingerprint density at radius 1 is 0.770 bits per heavy atom. The van der Waals surface area contributed by atoms with Gasteiger partial charge in [0, 0.05) is 36.4 Å². The molecule has 0 aromatic carbocycles. The van der Waals surface area contributed by atoms with E-state index in [9.17, 15) is 48.6 Å². The second-order valence-electron chi connectivity index (χ2n) is 13.4. The molecule has 0 bridgehead atoms. The molecule has 1 rings (SSSR count). The van der Waals surface area contributed by atoms with Gasteiger partial charge in [0.1, 0.15) is 36.3 Å². The quantitative estimate of drug-likeness (QED) is 0.0143. The molecule has 0 saturated carbocycles. The van der Waals surface area contributed by atoms with Gasteiger partial charge in [-0.05, 0) is 57.1 Å². The first-order valence-electron chi connectivity index (χ1n) is 19.1. The van der Waals surface area contributed by atoms with Crippen molar-refractivity contribution in [2.24, 2.45) is 27.9 Å². The summed E-state index contributed by atoms with van der Waals surface area (Å²) >= 11 is 9.46. The number of nitrogens with two attached hydrogens (primary N) is 4. The van der Waals surface area contributed by atoms with E-state index in [1.54, 1.807) is 6.26 Å². The highest BCUT2D eigenvalue weighted by molar-refractivity contribution is 7.98. The smallest absolute Gasteiger partial charge is 0.327 e. The summed E-state index contributed by atoms with van der Waals surface area (Å²) in [6, 6.07) is -8.99. The highest BCUT2D eigenvalue weighted by Gasteiger charge is 2.32. The number of aliphatic hydroxyl groups excluding tert-OH is 1. The van der Waals surface area contributed by atoms with Crippen molar-refractivity contribution in [3.63, 3.8) is 0 Å². The van der Waals surface area contributed by atoms with Gasteiger partial charge >= 0.3 is 5.97 Å². The Bertz CT molecular complexity index is 1610. The zero-order valence-corrected chi connectivity index (χ0v) is 36.4. The fourth-order valence-electron chi connectivity index (χ4n) is 5.24. The highest BCUT2D eigenvalue weighted by Crippen LogP contribution is 2.07. The number of carboxylic acids is 1. The second-order valence-corrected chi connectivity index (χ2v) is 15.1. The Balaban J connectivity index is 3.03. The average Bonchev–Trinajstić information content (AvgIpc) is 3.74. The van der Waals surface area contributed by atoms with E-state index in [1.807, 2.05) is 0 Å². The van der Waals surface area contributed by atoms with Crippen LogP contribution in [-0.4, -0.2) is 166 Å². The number of imidazole rings is 1. The molecule has 0 radical (unpaired) electrons. The van der Waals surface area contributed by atoms with Crippen molar-refractivity contribution >= 4 is 90.3 Å². The summed E-state index contributed by atoms with van der Waals surface area (Å²) in [6.45, 7) is -1.17. The lowest BCUT2D eigenvalue weighted by atomic mass is 10.1. The first kappa shape index (κ1) is 54.2. The Hall–Kier alpha value is -4.83. The SMILES string of the molecule is CSCC[C@H](NC(=O)CNC(=O)[C@H](CS)NC(=O)[C@H](CCCCN)NC(=O)[C@H](CO)NC(=O)[C@H](CCCN=C(N)N)NC(=O)[C@@H](N)Cc1cnc[nH]1)C(=O)N[C@@H](CS)C(=O)O. The average molecular weight is 921 g/mol. The molecule has 1 aromatic heterocycles. The summed E-state index contributed by atoms with van der Waals surface area (Å²) in [7, 11) is 0. The van der Waals surface area contributed by atoms with Gasteiger partial charge in [0.2, 0.25) is 41.4 Å². The number of hydrogen-bond acceptors (Lipinski definition) is 16. The largest absolute Gasteiger partial charge is 0.480 e. The molecular weight excluding hydrogens is 861 g/mol. The molecule has 1 aromatic rings. The molecule has 344 valence electrons. The van der Waals surface area contributed by atoms with Gasteiger partial charge in [0.05, 0.1) is 25.5 Å². The van der Waals surface area contributed by atoms with Crippen LogP contribution in [0.5, 0.6) is 0 Å². The number of aromatic nitrogens is 2. The lowest BCUT2D eigenvalue weighted by Crippen LogP contribution is -2.60. The number of guanidine groups is 1. The lowest BCUT2D eigenvalue weighted by molar-refractivity contribution is -0.141. The number of rotatable bonds is 31. The maximum absolute atomic E-state index is 13.5. The van der Waals surface area contributed by atoms with Crippen LogP contribution in [0.3, 0.4) is 0 Å². The molecule has 0 spiro atoms. The molecular formula is C34H60N14O10S3. The molecule has 0 aliphatic heterocycles. The molecule has 0 saturated heterocycles. The number of thioether (sulfide) groups is 1. The fourth-order valence-corrected chi connectivity index (χ4v) is 6.22. The van der Waals surface area contributed by atoms with E-state index in [0.717, 1.165) is 0 Å². The van der Waals surface area contributed by atoms with Crippen molar-refractivity contribution in [2.75, 3.05) is 49.8 Å². The predicted octanol–water partition coefficient (Wildman–Crippen LogP) is -5.82. The van der Waals surface area contributed by atoms with Crippen LogP contribution in [0.25, 0.3) is 0 Å². The monoisotopic (exact) mass is 920 g/mol. The van der Waals surface area contributed by atoms with E-state index in [0.29, 0.717) is 24.3 Å². The minimum Gasteiger partial charge on any atom is -0.480 e. The summed E-state index contributed by atoms with van der Waals surface area (Å²) in [5, 5.41) is 36.4. The van der Waals surface area contributed by atoms with Gasteiger partial charge in [-0.3, -0.25) is 38.6 Å². The zero-order valence-electron chi connectivity index (χ0n) is 33.8. The Labute approximate surface area is 368 Å². The topological polar surface area (TPSA) is 406 Å². The van der Waals surface area contributed by atoms with E-state index >= 15 is 0 Å². The molecule has 0 aliphatic carbocycles. The summed E-state index contributed by atoms with van der Waals surface area (Å²) in [5.74, 6) is -7.24. The number of aliphatic imine (C=N–C) groups is 1. The van der Waals surface area contributed by atoms with E-state index < -0.39 is 103 Å². The molecule has 7 atom stereocenters. The predicted molar refractivity (Wildman–Crippen MR) is 233 cm³/mol. The summed E-state index contributed by atoms with van der Waals surface area (Å²) in [6.07, 6.45) is 5.94. The number of carboxylic acid groups (broad SMARTS) is 1. The fraction of sp³-hybridized carbons (Fsp3) is 0.647. The number of thiol groups is 2. The zero-order chi connectivity index (χ0) is 45.9.